The van der Waals surface area contributed by atoms with E-state index in [2.05, 4.69) is 19.8 Å². The third-order valence-corrected chi connectivity index (χ3v) is 4.31. The van der Waals surface area contributed by atoms with Crippen molar-refractivity contribution in [1.29, 1.82) is 0 Å². The summed E-state index contributed by atoms with van der Waals surface area (Å²) in [6.45, 7) is 2.60. The Morgan fingerprint density at radius 1 is 1.33 bits per heavy atom. The van der Waals surface area contributed by atoms with Crippen molar-refractivity contribution in [2.45, 2.75) is 31.5 Å². The van der Waals surface area contributed by atoms with Gasteiger partial charge in [0.1, 0.15) is 4.88 Å². The zero-order valence-electron chi connectivity index (χ0n) is 11.7. The maximum absolute atomic E-state index is 11.6. The fraction of sp³-hybridized carbons (Fsp3) is 0.600. The number of hydrogen-bond donors (Lipinski definition) is 1. The van der Waals surface area contributed by atoms with Crippen LogP contribution in [0.1, 0.15) is 19.0 Å². The second-order valence-corrected chi connectivity index (χ2v) is 6.50. The molecular formula is C10H16N6O3S2. The number of sulfonamides is 1. The molecule has 2 rings (SSSR count). The van der Waals surface area contributed by atoms with Gasteiger partial charge in [-0.1, -0.05) is 17.8 Å². The SMILES string of the molecule is CCCc1nnsc1-c1nnc(S(N)(=O)=O)n1CCOC. The Hall–Kier alpha value is -1.43. The predicted molar refractivity (Wildman–Crippen MR) is 76.2 cm³/mol. The van der Waals surface area contributed by atoms with Crippen molar-refractivity contribution in [3.05, 3.63) is 5.69 Å². The van der Waals surface area contributed by atoms with Gasteiger partial charge in [-0.05, 0) is 18.0 Å². The number of aryl methyl sites for hydroxylation is 1. The summed E-state index contributed by atoms with van der Waals surface area (Å²) in [5.41, 5.74) is 0.773. The molecule has 0 bridgehead atoms. The minimum absolute atomic E-state index is 0.272. The van der Waals surface area contributed by atoms with E-state index in [0.29, 0.717) is 17.3 Å². The van der Waals surface area contributed by atoms with Crippen molar-refractivity contribution in [2.75, 3.05) is 13.7 Å². The molecule has 0 saturated carbocycles. The van der Waals surface area contributed by atoms with Gasteiger partial charge < -0.3 is 4.74 Å². The molecule has 0 aliphatic heterocycles. The van der Waals surface area contributed by atoms with Crippen LogP contribution in [-0.2, 0) is 27.7 Å². The number of nitrogens with zero attached hydrogens (tertiary/aromatic N) is 5. The number of methoxy groups -OCH3 is 1. The van der Waals surface area contributed by atoms with Crippen molar-refractivity contribution in [1.82, 2.24) is 24.4 Å². The van der Waals surface area contributed by atoms with Crippen molar-refractivity contribution in [3.8, 4) is 10.7 Å². The number of hydrogen-bond acceptors (Lipinski definition) is 8. The molecule has 0 spiro atoms. The first-order valence-electron chi connectivity index (χ1n) is 6.25. The lowest BCUT2D eigenvalue weighted by molar-refractivity contribution is 0.185. The molecule has 2 heterocycles. The van der Waals surface area contributed by atoms with Gasteiger partial charge >= 0.3 is 0 Å². The van der Waals surface area contributed by atoms with E-state index in [-0.39, 0.29) is 11.7 Å². The summed E-state index contributed by atoms with van der Waals surface area (Å²) in [4.78, 5) is 0.704. The topological polar surface area (TPSA) is 126 Å². The van der Waals surface area contributed by atoms with Crippen molar-refractivity contribution in [2.24, 2.45) is 5.14 Å². The lowest BCUT2D eigenvalue weighted by Gasteiger charge is -2.07. The van der Waals surface area contributed by atoms with Crippen LogP contribution in [0.3, 0.4) is 0 Å². The van der Waals surface area contributed by atoms with Gasteiger partial charge in [-0.2, -0.15) is 0 Å². The Labute approximate surface area is 126 Å². The average molecular weight is 332 g/mol. The fourth-order valence-corrected chi connectivity index (χ4v) is 3.17. The zero-order chi connectivity index (χ0) is 15.5. The second-order valence-electron chi connectivity index (χ2n) is 4.29. The maximum atomic E-state index is 11.6. The standard InChI is InChI=1S/C10H16N6O3S2/c1-3-4-7-8(20-15-12-7)9-13-14-10(21(11,17)18)16(9)5-6-19-2/h3-6H2,1-2H3,(H2,11,17,18). The molecule has 21 heavy (non-hydrogen) atoms. The third-order valence-electron chi connectivity index (χ3n) is 2.74. The van der Waals surface area contributed by atoms with Crippen LogP contribution >= 0.6 is 11.5 Å². The highest BCUT2D eigenvalue weighted by molar-refractivity contribution is 7.89. The number of ether oxygens (including phenoxy) is 1. The summed E-state index contributed by atoms with van der Waals surface area (Å²) in [6, 6.07) is 0. The zero-order valence-corrected chi connectivity index (χ0v) is 13.3. The van der Waals surface area contributed by atoms with E-state index < -0.39 is 10.0 Å². The van der Waals surface area contributed by atoms with Crippen LogP contribution in [0.2, 0.25) is 0 Å². The monoisotopic (exact) mass is 332 g/mol. The number of primary sulfonamides is 1. The number of aromatic nitrogens is 5. The van der Waals surface area contributed by atoms with Crippen LogP contribution in [0.5, 0.6) is 0 Å². The Balaban J connectivity index is 2.53. The van der Waals surface area contributed by atoms with Crippen LogP contribution in [0, 0.1) is 0 Å². The van der Waals surface area contributed by atoms with Crippen molar-refractivity contribution >= 4 is 21.6 Å². The smallest absolute Gasteiger partial charge is 0.273 e. The lowest BCUT2D eigenvalue weighted by Crippen LogP contribution is -2.20. The van der Waals surface area contributed by atoms with Gasteiger partial charge in [0.05, 0.1) is 18.8 Å². The van der Waals surface area contributed by atoms with Gasteiger partial charge in [0, 0.05) is 7.11 Å². The average Bonchev–Trinajstić information content (AvgIpc) is 3.01. The molecule has 0 atom stereocenters. The molecule has 0 aromatic carbocycles. The Morgan fingerprint density at radius 2 is 2.10 bits per heavy atom. The molecule has 0 saturated heterocycles. The summed E-state index contributed by atoms with van der Waals surface area (Å²) in [6.07, 6.45) is 1.63. The molecule has 0 aliphatic rings. The molecule has 116 valence electrons. The van der Waals surface area contributed by atoms with E-state index in [1.807, 2.05) is 6.92 Å². The quantitative estimate of drug-likeness (QED) is 0.758. The highest BCUT2D eigenvalue weighted by Gasteiger charge is 2.24. The van der Waals surface area contributed by atoms with Gasteiger partial charge in [-0.25, -0.2) is 13.6 Å². The summed E-state index contributed by atoms with van der Waals surface area (Å²) in [7, 11) is -2.44. The van der Waals surface area contributed by atoms with Gasteiger partial charge in [-0.3, -0.25) is 4.57 Å². The maximum Gasteiger partial charge on any atom is 0.273 e. The van der Waals surface area contributed by atoms with Crippen molar-refractivity contribution < 1.29 is 13.2 Å². The molecule has 0 amide bonds. The molecule has 9 nitrogen and oxygen atoms in total. The minimum Gasteiger partial charge on any atom is -0.383 e. The molecule has 2 aromatic heterocycles. The highest BCUT2D eigenvalue weighted by atomic mass is 32.2. The third kappa shape index (κ3) is 3.43. The largest absolute Gasteiger partial charge is 0.383 e. The molecule has 2 N–H and O–H groups in total. The highest BCUT2D eigenvalue weighted by Crippen LogP contribution is 2.26. The van der Waals surface area contributed by atoms with E-state index in [4.69, 9.17) is 9.88 Å². The molecular weight excluding hydrogens is 316 g/mol. The van der Waals surface area contributed by atoms with Crippen LogP contribution in [0.4, 0.5) is 0 Å². The predicted octanol–water partition coefficient (Wildman–Crippen LogP) is 0.0429. The van der Waals surface area contributed by atoms with Crippen LogP contribution in [-0.4, -0.2) is 46.5 Å². The normalized spacial score (nSPS) is 12.0. The fourth-order valence-electron chi connectivity index (χ4n) is 1.83. The van der Waals surface area contributed by atoms with E-state index >= 15 is 0 Å². The second kappa shape index (κ2) is 6.56. The van der Waals surface area contributed by atoms with Gasteiger partial charge in [0.25, 0.3) is 15.2 Å². The van der Waals surface area contributed by atoms with E-state index in [1.165, 1.54) is 11.7 Å². The first-order chi connectivity index (χ1) is 9.99. The Bertz CT molecular complexity index is 708. The molecule has 0 radical (unpaired) electrons. The van der Waals surface area contributed by atoms with Crippen molar-refractivity contribution in [3.63, 3.8) is 0 Å². The van der Waals surface area contributed by atoms with E-state index in [0.717, 1.165) is 30.1 Å². The Morgan fingerprint density at radius 3 is 2.71 bits per heavy atom. The van der Waals surface area contributed by atoms with E-state index in [9.17, 15) is 8.42 Å². The van der Waals surface area contributed by atoms with Crippen LogP contribution in [0.25, 0.3) is 10.7 Å². The summed E-state index contributed by atoms with van der Waals surface area (Å²) < 4.78 is 33.5. The van der Waals surface area contributed by atoms with E-state index in [1.54, 1.807) is 0 Å². The van der Waals surface area contributed by atoms with Gasteiger partial charge in [0.15, 0.2) is 5.82 Å². The van der Waals surface area contributed by atoms with Crippen LogP contribution < -0.4 is 5.14 Å². The molecule has 11 heteroatoms. The molecule has 2 aromatic rings. The summed E-state index contributed by atoms with van der Waals surface area (Å²) in [5.74, 6) is 0.398. The number of nitrogens with two attached hydrogens (primary N) is 1. The Kier molecular flexibility index (Phi) is 4.98. The van der Waals surface area contributed by atoms with Gasteiger partial charge in [0.2, 0.25) is 0 Å². The van der Waals surface area contributed by atoms with Gasteiger partial charge in [-0.15, -0.1) is 15.3 Å². The molecule has 0 unspecified atom stereocenters. The molecule has 0 fully saturated rings. The minimum atomic E-state index is -3.96. The van der Waals surface area contributed by atoms with Crippen LogP contribution in [0.15, 0.2) is 5.16 Å². The lowest BCUT2D eigenvalue weighted by atomic mass is 10.2. The first-order valence-corrected chi connectivity index (χ1v) is 8.57. The number of rotatable bonds is 7. The summed E-state index contributed by atoms with van der Waals surface area (Å²) >= 11 is 1.15. The first kappa shape index (κ1) is 15.9. The summed E-state index contributed by atoms with van der Waals surface area (Å²) in [5, 5.41) is 16.6. The molecule has 0 aliphatic carbocycles.